The molecule has 0 aromatic heterocycles. The molecule has 1 aromatic rings. The number of nitrogens with one attached hydrogen (secondary N) is 1. The maximum absolute atomic E-state index is 12.7. The van der Waals surface area contributed by atoms with Crippen LogP contribution in [-0.2, 0) is 14.4 Å². The first kappa shape index (κ1) is 17.2. The molecule has 1 saturated heterocycles. The van der Waals surface area contributed by atoms with Crippen molar-refractivity contribution in [2.45, 2.75) is 22.5 Å². The molecule has 6 atom stereocenters. The van der Waals surface area contributed by atoms with Crippen LogP contribution in [0.3, 0.4) is 0 Å². The van der Waals surface area contributed by atoms with Gasteiger partial charge in [0, 0.05) is 28.3 Å². The molecule has 25 heavy (non-hydrogen) atoms. The number of benzene rings is 1. The van der Waals surface area contributed by atoms with Gasteiger partial charge < -0.3 is 5.32 Å². The van der Waals surface area contributed by atoms with Crippen LogP contribution in [0.15, 0.2) is 30.3 Å². The van der Waals surface area contributed by atoms with Crippen molar-refractivity contribution in [3.8, 4) is 0 Å². The molecule has 132 valence electrons. The van der Waals surface area contributed by atoms with Crippen molar-refractivity contribution < 1.29 is 14.4 Å². The maximum Gasteiger partial charge on any atom is 0.233 e. The topological polar surface area (TPSA) is 66.5 Å². The van der Waals surface area contributed by atoms with E-state index in [9.17, 15) is 14.4 Å². The fraction of sp³-hybridized carbons (Fsp3) is 0.500. The molecule has 2 aliphatic carbocycles. The van der Waals surface area contributed by atoms with Gasteiger partial charge in [0.2, 0.25) is 17.7 Å². The molecule has 0 radical (unpaired) electrons. The SMILES string of the molecule is O=C(CCN1C(=O)[C@H]2[C@H]3C[C@@H]([C@@H](Br)[C@@H]3Br)[C@@H]2C1=O)Nc1ccccc1. The number of rotatable bonds is 4. The van der Waals surface area contributed by atoms with Crippen molar-refractivity contribution in [1.29, 1.82) is 0 Å². The van der Waals surface area contributed by atoms with E-state index >= 15 is 0 Å². The zero-order valence-electron chi connectivity index (χ0n) is 13.4. The molecule has 1 heterocycles. The van der Waals surface area contributed by atoms with E-state index in [0.29, 0.717) is 5.69 Å². The number of fused-ring (bicyclic) bond motifs is 5. The second-order valence-corrected chi connectivity index (χ2v) is 9.11. The number of anilines is 1. The van der Waals surface area contributed by atoms with E-state index in [1.807, 2.05) is 18.2 Å². The Kier molecular flexibility index (Phi) is 4.48. The number of amides is 3. The third-order valence-corrected chi connectivity index (χ3v) is 8.91. The van der Waals surface area contributed by atoms with Gasteiger partial charge in [-0.25, -0.2) is 0 Å². The maximum atomic E-state index is 12.7. The number of imide groups is 1. The van der Waals surface area contributed by atoms with Crippen LogP contribution in [0.4, 0.5) is 5.69 Å². The summed E-state index contributed by atoms with van der Waals surface area (Å²) in [6.45, 7) is 0.155. The molecule has 0 spiro atoms. The lowest BCUT2D eigenvalue weighted by molar-refractivity contribution is -0.140. The van der Waals surface area contributed by atoms with Crippen LogP contribution in [-0.4, -0.2) is 38.8 Å². The molecule has 1 N–H and O–H groups in total. The van der Waals surface area contributed by atoms with Gasteiger partial charge in [-0.05, 0) is 30.4 Å². The number of carbonyl (C=O) groups excluding carboxylic acids is 3. The number of hydrogen-bond acceptors (Lipinski definition) is 3. The summed E-state index contributed by atoms with van der Waals surface area (Å²) in [5.41, 5.74) is 0.714. The van der Waals surface area contributed by atoms with Crippen LogP contribution >= 0.6 is 31.9 Å². The van der Waals surface area contributed by atoms with Gasteiger partial charge in [-0.2, -0.15) is 0 Å². The molecule has 7 heteroatoms. The Morgan fingerprint density at radius 2 is 1.60 bits per heavy atom. The molecule has 5 nitrogen and oxygen atoms in total. The zero-order valence-corrected chi connectivity index (χ0v) is 16.6. The molecule has 3 fully saturated rings. The molecule has 3 amide bonds. The summed E-state index contributed by atoms with van der Waals surface area (Å²) in [6, 6.07) is 9.16. The monoisotopic (exact) mass is 468 g/mol. The standard InChI is InChI=1S/C18H18Br2N2O3/c19-15-10-8-11(16(15)20)14-13(10)17(24)22(18(14)25)7-6-12(23)21-9-4-2-1-3-5-9/h1-5,10-11,13-16H,6-8H2,(H,21,23)/t10-,11-,13+,14+,15-,16-/m1/s1. The van der Waals surface area contributed by atoms with Gasteiger partial charge in [0.15, 0.2) is 0 Å². The summed E-state index contributed by atoms with van der Waals surface area (Å²) in [6.07, 6.45) is 1.04. The van der Waals surface area contributed by atoms with Gasteiger partial charge in [0.1, 0.15) is 0 Å². The van der Waals surface area contributed by atoms with E-state index in [2.05, 4.69) is 37.2 Å². The van der Waals surface area contributed by atoms with Crippen LogP contribution in [0.1, 0.15) is 12.8 Å². The lowest BCUT2D eigenvalue weighted by Crippen LogP contribution is -2.37. The molecule has 1 aromatic carbocycles. The van der Waals surface area contributed by atoms with E-state index < -0.39 is 0 Å². The Morgan fingerprint density at radius 1 is 1.04 bits per heavy atom. The van der Waals surface area contributed by atoms with Crippen LogP contribution in [0, 0.1) is 23.7 Å². The number of halogens is 2. The lowest BCUT2D eigenvalue weighted by Gasteiger charge is -2.28. The zero-order chi connectivity index (χ0) is 17.7. The molecular formula is C18H18Br2N2O3. The van der Waals surface area contributed by atoms with Crippen LogP contribution < -0.4 is 5.32 Å². The summed E-state index contributed by atoms with van der Waals surface area (Å²) < 4.78 is 0. The average Bonchev–Trinajstić information content (AvgIpc) is 3.20. The predicted octanol–water partition coefficient (Wildman–Crippen LogP) is 2.79. The van der Waals surface area contributed by atoms with E-state index in [1.54, 1.807) is 12.1 Å². The van der Waals surface area contributed by atoms with Gasteiger partial charge in [0.05, 0.1) is 11.8 Å². The minimum atomic E-state index is -0.215. The summed E-state index contributed by atoms with van der Waals surface area (Å²) in [4.78, 5) is 39.4. The smallest absolute Gasteiger partial charge is 0.233 e. The highest BCUT2D eigenvalue weighted by atomic mass is 79.9. The Bertz CT molecular complexity index is 694. The minimum absolute atomic E-state index is 0.0983. The minimum Gasteiger partial charge on any atom is -0.326 e. The molecule has 1 aliphatic heterocycles. The van der Waals surface area contributed by atoms with Gasteiger partial charge in [-0.3, -0.25) is 19.3 Å². The van der Waals surface area contributed by atoms with E-state index in [-0.39, 0.29) is 64.0 Å². The number of alkyl halides is 2. The van der Waals surface area contributed by atoms with Crippen molar-refractivity contribution in [1.82, 2.24) is 4.90 Å². The highest BCUT2D eigenvalue weighted by Crippen LogP contribution is 2.60. The molecule has 2 bridgehead atoms. The van der Waals surface area contributed by atoms with Gasteiger partial charge in [-0.1, -0.05) is 50.1 Å². The summed E-state index contributed by atoms with van der Waals surface area (Å²) in [7, 11) is 0. The Balaban J connectivity index is 1.40. The Hall–Kier alpha value is -1.21. The van der Waals surface area contributed by atoms with Crippen LogP contribution in [0.5, 0.6) is 0 Å². The molecule has 4 rings (SSSR count). The van der Waals surface area contributed by atoms with E-state index in [4.69, 9.17) is 0 Å². The number of carbonyl (C=O) groups is 3. The first-order valence-electron chi connectivity index (χ1n) is 8.47. The first-order chi connectivity index (χ1) is 12.0. The fourth-order valence-corrected chi connectivity index (χ4v) is 6.46. The number of nitrogens with zero attached hydrogens (tertiary/aromatic N) is 1. The second kappa shape index (κ2) is 6.50. The molecular weight excluding hydrogens is 452 g/mol. The van der Waals surface area contributed by atoms with Crippen molar-refractivity contribution in [2.75, 3.05) is 11.9 Å². The fourth-order valence-electron chi connectivity index (χ4n) is 4.59. The van der Waals surface area contributed by atoms with Crippen molar-refractivity contribution in [2.24, 2.45) is 23.7 Å². The largest absolute Gasteiger partial charge is 0.326 e. The van der Waals surface area contributed by atoms with Crippen molar-refractivity contribution in [3.05, 3.63) is 30.3 Å². The number of hydrogen-bond donors (Lipinski definition) is 1. The third kappa shape index (κ3) is 2.76. The summed E-state index contributed by atoms with van der Waals surface area (Å²) in [5.74, 6) is -0.403. The lowest BCUT2D eigenvalue weighted by atomic mass is 9.81. The molecule has 0 unspecified atom stereocenters. The van der Waals surface area contributed by atoms with E-state index in [1.165, 1.54) is 4.90 Å². The van der Waals surface area contributed by atoms with Gasteiger partial charge in [0.25, 0.3) is 0 Å². The number of likely N-dealkylation sites (tertiary alicyclic amines) is 1. The van der Waals surface area contributed by atoms with Gasteiger partial charge >= 0.3 is 0 Å². The summed E-state index contributed by atoms with van der Waals surface area (Å²) in [5, 5.41) is 2.79. The highest BCUT2D eigenvalue weighted by Gasteiger charge is 2.66. The normalized spacial score (nSPS) is 36.0. The Morgan fingerprint density at radius 3 is 2.16 bits per heavy atom. The van der Waals surface area contributed by atoms with E-state index in [0.717, 1.165) is 6.42 Å². The van der Waals surface area contributed by atoms with Crippen LogP contribution in [0.2, 0.25) is 0 Å². The van der Waals surface area contributed by atoms with Crippen LogP contribution in [0.25, 0.3) is 0 Å². The van der Waals surface area contributed by atoms with Crippen molar-refractivity contribution >= 4 is 55.3 Å². The van der Waals surface area contributed by atoms with Crippen molar-refractivity contribution in [3.63, 3.8) is 0 Å². The summed E-state index contributed by atoms with van der Waals surface area (Å²) >= 11 is 7.34. The first-order valence-corrected chi connectivity index (χ1v) is 10.3. The predicted molar refractivity (Wildman–Crippen MR) is 100 cm³/mol. The Labute approximate surface area is 162 Å². The quantitative estimate of drug-likeness (QED) is 0.544. The average molecular weight is 470 g/mol. The molecule has 3 aliphatic rings. The highest BCUT2D eigenvalue weighted by molar-refractivity contribution is 9.12. The number of para-hydroxylation sites is 1. The van der Waals surface area contributed by atoms with Gasteiger partial charge in [-0.15, -0.1) is 0 Å². The molecule has 2 saturated carbocycles. The third-order valence-electron chi connectivity index (χ3n) is 5.70. The second-order valence-electron chi connectivity index (χ2n) is 7.00.